The first-order chi connectivity index (χ1) is 10.0. The molecular weight excluding hydrogens is 270 g/mol. The summed E-state index contributed by atoms with van der Waals surface area (Å²) < 4.78 is 2.34. The van der Waals surface area contributed by atoms with Crippen molar-refractivity contribution >= 4 is 16.8 Å². The molecule has 0 atom stereocenters. The average Bonchev–Trinajstić information content (AvgIpc) is 2.96. The molecule has 0 fully saturated rings. The topological polar surface area (TPSA) is 76.9 Å². The number of hydrogen-bond donors (Lipinski definition) is 1. The number of carbonyl (C=O) groups is 1. The number of aryl methyl sites for hydroxylation is 1. The number of nitrogens with one attached hydrogen (secondary N) is 1. The number of nitrogens with zero attached hydrogens (tertiary/aromatic N) is 2. The summed E-state index contributed by atoms with van der Waals surface area (Å²) in [6, 6.07) is 10.2. The fourth-order valence-electron chi connectivity index (χ4n) is 2.33. The highest BCUT2D eigenvalue weighted by molar-refractivity contribution is 6.09. The summed E-state index contributed by atoms with van der Waals surface area (Å²) in [5, 5.41) is 0.318. The minimum Gasteiger partial charge on any atom is -0.338 e. The number of carbonyl (C=O) groups excluding carboxylic acids is 1. The van der Waals surface area contributed by atoms with Gasteiger partial charge in [0.05, 0.1) is 11.1 Å². The Morgan fingerprint density at radius 3 is 2.38 bits per heavy atom. The van der Waals surface area contributed by atoms with Crippen LogP contribution < -0.4 is 11.2 Å². The number of H-pyrrole nitrogens is 1. The van der Waals surface area contributed by atoms with Gasteiger partial charge in [-0.15, -0.1) is 0 Å². The molecule has 0 saturated heterocycles. The lowest BCUT2D eigenvalue weighted by Gasteiger charge is -2.02. The molecule has 0 bridgehead atoms. The summed E-state index contributed by atoms with van der Waals surface area (Å²) in [4.78, 5) is 39.2. The van der Waals surface area contributed by atoms with Crippen molar-refractivity contribution in [3.63, 3.8) is 0 Å². The first-order valence-corrected chi connectivity index (χ1v) is 6.39. The van der Waals surface area contributed by atoms with Gasteiger partial charge >= 0.3 is 5.69 Å². The largest absolute Gasteiger partial charge is 0.338 e. The summed E-state index contributed by atoms with van der Waals surface area (Å²) in [5.74, 6) is -0.221. The van der Waals surface area contributed by atoms with Gasteiger partial charge in [0.25, 0.3) is 5.56 Å². The number of hydrogen-bond acceptors (Lipinski definition) is 3. The normalized spacial score (nSPS) is 11.0. The van der Waals surface area contributed by atoms with E-state index in [2.05, 4.69) is 4.98 Å². The summed E-state index contributed by atoms with van der Waals surface area (Å²) in [5.41, 5.74) is 0.298. The van der Waals surface area contributed by atoms with Gasteiger partial charge in [0, 0.05) is 19.7 Å². The van der Waals surface area contributed by atoms with Crippen molar-refractivity contribution in [1.82, 2.24) is 14.1 Å². The van der Waals surface area contributed by atoms with Crippen LogP contribution in [0.25, 0.3) is 11.0 Å². The van der Waals surface area contributed by atoms with Crippen LogP contribution in [0.4, 0.5) is 0 Å². The van der Waals surface area contributed by atoms with Gasteiger partial charge in [-0.05, 0) is 6.07 Å². The highest BCUT2D eigenvalue weighted by Crippen LogP contribution is 2.13. The number of aromatic amines is 1. The fraction of sp³-hybridized carbons (Fsp3) is 0.133. The minimum absolute atomic E-state index is 0.221. The second-order valence-electron chi connectivity index (χ2n) is 4.85. The van der Waals surface area contributed by atoms with Crippen LogP contribution in [-0.2, 0) is 14.1 Å². The molecule has 2 heterocycles. The maximum absolute atomic E-state index is 12.4. The molecule has 0 unspecified atom stereocenters. The van der Waals surface area contributed by atoms with Crippen molar-refractivity contribution in [3.8, 4) is 0 Å². The third-order valence-electron chi connectivity index (χ3n) is 3.52. The maximum Gasteiger partial charge on any atom is 0.332 e. The number of rotatable bonds is 2. The lowest BCUT2D eigenvalue weighted by atomic mass is 10.1. The fourth-order valence-corrected chi connectivity index (χ4v) is 2.33. The van der Waals surface area contributed by atoms with Gasteiger partial charge in [-0.3, -0.25) is 18.7 Å². The van der Waals surface area contributed by atoms with Crippen LogP contribution in [0.5, 0.6) is 0 Å². The molecular formula is C15H13N3O3. The van der Waals surface area contributed by atoms with Crippen molar-refractivity contribution < 1.29 is 4.79 Å². The Bertz CT molecular complexity index is 961. The van der Waals surface area contributed by atoms with E-state index in [0.717, 1.165) is 4.57 Å². The molecule has 21 heavy (non-hydrogen) atoms. The van der Waals surface area contributed by atoms with E-state index in [9.17, 15) is 14.4 Å². The van der Waals surface area contributed by atoms with Gasteiger partial charge in [-0.2, -0.15) is 0 Å². The lowest BCUT2D eigenvalue weighted by molar-refractivity contribution is 0.103. The van der Waals surface area contributed by atoms with Gasteiger partial charge in [0.1, 0.15) is 5.65 Å². The molecule has 0 aliphatic heterocycles. The molecule has 2 aromatic heterocycles. The quantitative estimate of drug-likeness (QED) is 0.707. The second-order valence-corrected chi connectivity index (χ2v) is 4.85. The Labute approximate surface area is 119 Å². The molecule has 0 radical (unpaired) electrons. The van der Waals surface area contributed by atoms with E-state index in [1.807, 2.05) is 6.07 Å². The highest BCUT2D eigenvalue weighted by Gasteiger charge is 2.16. The third-order valence-corrected chi connectivity index (χ3v) is 3.52. The number of ketones is 1. The summed E-state index contributed by atoms with van der Waals surface area (Å²) >= 11 is 0. The van der Waals surface area contributed by atoms with E-state index in [-0.39, 0.29) is 11.5 Å². The minimum atomic E-state index is -0.437. The van der Waals surface area contributed by atoms with Crippen LogP contribution in [0.15, 0.2) is 46.0 Å². The summed E-state index contributed by atoms with van der Waals surface area (Å²) in [7, 11) is 2.97. The Kier molecular flexibility index (Phi) is 2.86. The molecule has 3 aromatic rings. The van der Waals surface area contributed by atoms with Gasteiger partial charge in [0.15, 0.2) is 0 Å². The molecule has 1 N–H and O–H groups in total. The second kappa shape index (κ2) is 4.59. The first kappa shape index (κ1) is 13.1. The van der Waals surface area contributed by atoms with Crippen molar-refractivity contribution in [1.29, 1.82) is 0 Å². The van der Waals surface area contributed by atoms with Crippen LogP contribution in [0.1, 0.15) is 16.1 Å². The molecule has 0 saturated carbocycles. The van der Waals surface area contributed by atoms with Crippen molar-refractivity contribution in [2.24, 2.45) is 14.1 Å². The predicted molar refractivity (Wildman–Crippen MR) is 78.7 cm³/mol. The predicted octanol–water partition coefficient (Wildman–Crippen LogP) is 0.796. The van der Waals surface area contributed by atoms with Crippen molar-refractivity contribution in [2.45, 2.75) is 0 Å². The van der Waals surface area contributed by atoms with Gasteiger partial charge in [0.2, 0.25) is 5.78 Å². The Hall–Kier alpha value is -2.89. The van der Waals surface area contributed by atoms with Crippen LogP contribution >= 0.6 is 0 Å². The maximum atomic E-state index is 12.4. The van der Waals surface area contributed by atoms with Gasteiger partial charge in [-0.25, -0.2) is 4.79 Å². The molecule has 0 aliphatic rings. The van der Waals surface area contributed by atoms with E-state index in [1.54, 1.807) is 31.3 Å². The molecule has 6 heteroatoms. The number of benzene rings is 1. The van der Waals surface area contributed by atoms with Gasteiger partial charge < -0.3 is 4.98 Å². The van der Waals surface area contributed by atoms with Crippen molar-refractivity contribution in [2.75, 3.05) is 0 Å². The Morgan fingerprint density at radius 1 is 1.05 bits per heavy atom. The van der Waals surface area contributed by atoms with Crippen molar-refractivity contribution in [3.05, 3.63) is 68.5 Å². The molecule has 0 spiro atoms. The Morgan fingerprint density at radius 2 is 1.71 bits per heavy atom. The smallest absolute Gasteiger partial charge is 0.332 e. The molecule has 0 amide bonds. The van der Waals surface area contributed by atoms with Gasteiger partial charge in [-0.1, -0.05) is 30.3 Å². The van der Waals surface area contributed by atoms with Crippen LogP contribution in [0.3, 0.4) is 0 Å². The van der Waals surface area contributed by atoms with E-state index in [4.69, 9.17) is 0 Å². The number of aromatic nitrogens is 3. The first-order valence-electron chi connectivity index (χ1n) is 6.39. The summed E-state index contributed by atoms with van der Waals surface area (Å²) in [6.45, 7) is 0. The molecule has 1 aromatic carbocycles. The van der Waals surface area contributed by atoms with Crippen LogP contribution in [-0.4, -0.2) is 19.9 Å². The van der Waals surface area contributed by atoms with E-state index in [0.29, 0.717) is 16.6 Å². The SMILES string of the molecule is Cn1c(=O)c2cc(C(=O)c3ccccc3)[nH]c2n(C)c1=O. The van der Waals surface area contributed by atoms with E-state index in [1.165, 1.54) is 17.7 Å². The molecule has 0 aliphatic carbocycles. The standard InChI is InChI=1S/C15H13N3O3/c1-17-13-10(14(20)18(2)15(17)21)8-11(16-13)12(19)9-6-4-3-5-7-9/h3-8,16H,1-2H3. The van der Waals surface area contributed by atoms with E-state index >= 15 is 0 Å². The Balaban J connectivity index is 2.26. The zero-order chi connectivity index (χ0) is 15.1. The zero-order valence-electron chi connectivity index (χ0n) is 11.6. The molecule has 3 rings (SSSR count). The lowest BCUT2D eigenvalue weighted by Crippen LogP contribution is -2.36. The zero-order valence-corrected chi connectivity index (χ0v) is 11.6. The average molecular weight is 283 g/mol. The monoisotopic (exact) mass is 283 g/mol. The van der Waals surface area contributed by atoms with Crippen LogP contribution in [0.2, 0.25) is 0 Å². The van der Waals surface area contributed by atoms with Crippen LogP contribution in [0, 0.1) is 0 Å². The molecule has 106 valence electrons. The third kappa shape index (κ3) is 1.92. The van der Waals surface area contributed by atoms with E-state index < -0.39 is 11.2 Å². The number of fused-ring (bicyclic) bond motifs is 1. The molecule has 6 nitrogen and oxygen atoms in total. The highest BCUT2D eigenvalue weighted by atomic mass is 16.2. The summed E-state index contributed by atoms with van der Waals surface area (Å²) in [6.07, 6.45) is 0.